The fraction of sp³-hybridized carbons (Fsp3) is 0.0714. The number of anilines is 1. The van der Waals surface area contributed by atoms with Gasteiger partial charge in [0, 0.05) is 6.20 Å². The number of carbonyl (C=O) groups is 1. The third-order valence-corrected chi connectivity index (χ3v) is 2.39. The lowest BCUT2D eigenvalue weighted by Gasteiger charge is -2.04. The van der Waals surface area contributed by atoms with Gasteiger partial charge in [-0.25, -0.2) is 0 Å². The first-order valence-electron chi connectivity index (χ1n) is 5.47. The zero-order valence-electron chi connectivity index (χ0n) is 9.63. The summed E-state index contributed by atoms with van der Waals surface area (Å²) in [5.41, 5.74) is 2.14. The highest BCUT2D eigenvalue weighted by Crippen LogP contribution is 2.07. The highest BCUT2D eigenvalue weighted by atomic mass is 16.1. The molecule has 1 aromatic heterocycles. The molecule has 0 aliphatic carbocycles. The number of nitriles is 1. The predicted octanol–water partition coefficient (Wildman–Crippen LogP) is 2.13. The van der Waals surface area contributed by atoms with Crippen LogP contribution in [-0.2, 0) is 11.2 Å². The summed E-state index contributed by atoms with van der Waals surface area (Å²) >= 11 is 0. The maximum absolute atomic E-state index is 11.7. The Morgan fingerprint density at radius 1 is 1.28 bits per heavy atom. The van der Waals surface area contributed by atoms with E-state index in [0.29, 0.717) is 11.3 Å². The van der Waals surface area contributed by atoms with Crippen molar-refractivity contribution in [3.05, 3.63) is 59.9 Å². The minimum Gasteiger partial charge on any atom is -0.324 e. The van der Waals surface area contributed by atoms with Gasteiger partial charge in [-0.3, -0.25) is 9.78 Å². The third kappa shape index (κ3) is 3.16. The maximum Gasteiger partial charge on any atom is 0.228 e. The van der Waals surface area contributed by atoms with Gasteiger partial charge < -0.3 is 5.32 Å². The Hall–Kier alpha value is -2.67. The van der Waals surface area contributed by atoms with Crippen molar-refractivity contribution in [1.82, 2.24) is 4.98 Å². The molecule has 0 saturated heterocycles. The highest BCUT2D eigenvalue weighted by Gasteiger charge is 2.04. The summed E-state index contributed by atoms with van der Waals surface area (Å²) in [6.45, 7) is 0. The van der Waals surface area contributed by atoms with E-state index < -0.39 is 0 Å². The van der Waals surface area contributed by atoms with Gasteiger partial charge in [-0.1, -0.05) is 12.1 Å². The molecule has 0 aliphatic heterocycles. The van der Waals surface area contributed by atoms with E-state index in [1.54, 1.807) is 48.8 Å². The number of nitrogens with one attached hydrogen (secondary N) is 1. The summed E-state index contributed by atoms with van der Waals surface area (Å²) in [5, 5.41) is 11.4. The SMILES string of the molecule is N#Cc1ccc(CC(=O)Nc2cccnc2)cc1. The first kappa shape index (κ1) is 11.8. The molecule has 0 fully saturated rings. The van der Waals surface area contributed by atoms with Crippen LogP contribution >= 0.6 is 0 Å². The molecular formula is C14H11N3O. The minimum atomic E-state index is -0.104. The summed E-state index contributed by atoms with van der Waals surface area (Å²) in [6.07, 6.45) is 3.52. The van der Waals surface area contributed by atoms with Crippen LogP contribution in [-0.4, -0.2) is 10.9 Å². The van der Waals surface area contributed by atoms with E-state index in [1.165, 1.54) is 0 Å². The molecule has 0 saturated carbocycles. The number of pyridine rings is 1. The Morgan fingerprint density at radius 3 is 2.67 bits per heavy atom. The lowest BCUT2D eigenvalue weighted by Crippen LogP contribution is -2.14. The van der Waals surface area contributed by atoms with Gasteiger partial charge in [0.05, 0.1) is 29.9 Å². The van der Waals surface area contributed by atoms with Gasteiger partial charge in [0.2, 0.25) is 5.91 Å². The molecule has 0 atom stereocenters. The van der Waals surface area contributed by atoms with Gasteiger partial charge in [0.1, 0.15) is 0 Å². The third-order valence-electron chi connectivity index (χ3n) is 2.39. The summed E-state index contributed by atoms with van der Waals surface area (Å²) < 4.78 is 0. The molecule has 88 valence electrons. The molecule has 1 N–H and O–H groups in total. The number of benzene rings is 1. The van der Waals surface area contributed by atoms with Gasteiger partial charge >= 0.3 is 0 Å². The smallest absolute Gasteiger partial charge is 0.228 e. The van der Waals surface area contributed by atoms with E-state index in [0.717, 1.165) is 5.56 Å². The summed E-state index contributed by atoms with van der Waals surface area (Å²) in [4.78, 5) is 15.6. The molecule has 2 rings (SSSR count). The summed E-state index contributed by atoms with van der Waals surface area (Å²) in [5.74, 6) is -0.104. The molecule has 0 spiro atoms. The van der Waals surface area contributed by atoms with E-state index in [1.807, 2.05) is 6.07 Å². The second kappa shape index (κ2) is 5.60. The van der Waals surface area contributed by atoms with Crippen LogP contribution in [0.3, 0.4) is 0 Å². The second-order valence-corrected chi connectivity index (χ2v) is 3.78. The lowest BCUT2D eigenvalue weighted by molar-refractivity contribution is -0.115. The standard InChI is InChI=1S/C14H11N3O/c15-9-12-5-3-11(4-6-12)8-14(18)17-13-2-1-7-16-10-13/h1-7,10H,8H2,(H,17,18). The van der Waals surface area contributed by atoms with Crippen molar-refractivity contribution in [2.24, 2.45) is 0 Å². The van der Waals surface area contributed by atoms with Gasteiger partial charge in [-0.15, -0.1) is 0 Å². The molecule has 2 aromatic rings. The Morgan fingerprint density at radius 2 is 2.06 bits per heavy atom. The molecule has 1 amide bonds. The van der Waals surface area contributed by atoms with Crippen molar-refractivity contribution in [2.45, 2.75) is 6.42 Å². The van der Waals surface area contributed by atoms with Crippen LogP contribution in [0.4, 0.5) is 5.69 Å². The lowest BCUT2D eigenvalue weighted by atomic mass is 10.1. The van der Waals surface area contributed by atoms with Crippen molar-refractivity contribution in [3.8, 4) is 6.07 Å². The van der Waals surface area contributed by atoms with E-state index in [-0.39, 0.29) is 12.3 Å². The van der Waals surface area contributed by atoms with E-state index in [4.69, 9.17) is 5.26 Å². The largest absolute Gasteiger partial charge is 0.324 e. The van der Waals surface area contributed by atoms with Crippen molar-refractivity contribution in [2.75, 3.05) is 5.32 Å². The van der Waals surface area contributed by atoms with Crippen LogP contribution in [0.2, 0.25) is 0 Å². The van der Waals surface area contributed by atoms with Gasteiger partial charge in [0.25, 0.3) is 0 Å². The number of carbonyl (C=O) groups excluding carboxylic acids is 1. The number of hydrogen-bond donors (Lipinski definition) is 1. The normalized spacial score (nSPS) is 9.50. The summed E-state index contributed by atoms with van der Waals surface area (Å²) in [6, 6.07) is 12.5. The molecule has 0 aliphatic rings. The zero-order valence-corrected chi connectivity index (χ0v) is 9.63. The van der Waals surface area contributed by atoms with Crippen LogP contribution in [0.25, 0.3) is 0 Å². The van der Waals surface area contributed by atoms with E-state index >= 15 is 0 Å². The second-order valence-electron chi connectivity index (χ2n) is 3.78. The first-order chi connectivity index (χ1) is 8.78. The van der Waals surface area contributed by atoms with E-state index in [9.17, 15) is 4.79 Å². The Bertz CT molecular complexity index is 570. The van der Waals surface area contributed by atoms with Crippen molar-refractivity contribution < 1.29 is 4.79 Å². The van der Waals surface area contributed by atoms with Gasteiger partial charge in [0.15, 0.2) is 0 Å². The number of rotatable bonds is 3. The summed E-state index contributed by atoms with van der Waals surface area (Å²) in [7, 11) is 0. The minimum absolute atomic E-state index is 0.104. The molecule has 18 heavy (non-hydrogen) atoms. The van der Waals surface area contributed by atoms with Crippen LogP contribution < -0.4 is 5.32 Å². The zero-order chi connectivity index (χ0) is 12.8. The van der Waals surface area contributed by atoms with E-state index in [2.05, 4.69) is 10.3 Å². The number of amides is 1. The van der Waals surface area contributed by atoms with Crippen LogP contribution in [0.1, 0.15) is 11.1 Å². The topological polar surface area (TPSA) is 65.8 Å². The molecule has 0 radical (unpaired) electrons. The van der Waals surface area contributed by atoms with Gasteiger partial charge in [-0.05, 0) is 29.8 Å². The van der Waals surface area contributed by atoms with Gasteiger partial charge in [-0.2, -0.15) is 5.26 Å². The van der Waals surface area contributed by atoms with Crippen molar-refractivity contribution >= 4 is 11.6 Å². The quantitative estimate of drug-likeness (QED) is 0.889. The molecule has 0 unspecified atom stereocenters. The molecule has 1 aromatic carbocycles. The number of aromatic nitrogens is 1. The Balaban J connectivity index is 1.97. The molecule has 4 nitrogen and oxygen atoms in total. The monoisotopic (exact) mass is 237 g/mol. The maximum atomic E-state index is 11.7. The van der Waals surface area contributed by atoms with Crippen LogP contribution in [0.5, 0.6) is 0 Å². The fourth-order valence-electron chi connectivity index (χ4n) is 1.52. The fourth-order valence-corrected chi connectivity index (χ4v) is 1.52. The van der Waals surface area contributed by atoms with Crippen molar-refractivity contribution in [1.29, 1.82) is 5.26 Å². The first-order valence-corrected chi connectivity index (χ1v) is 5.47. The molecule has 4 heteroatoms. The average Bonchev–Trinajstić information content (AvgIpc) is 2.40. The average molecular weight is 237 g/mol. The highest BCUT2D eigenvalue weighted by molar-refractivity contribution is 5.92. The number of nitrogens with zero attached hydrogens (tertiary/aromatic N) is 2. The van der Waals surface area contributed by atoms with Crippen molar-refractivity contribution in [3.63, 3.8) is 0 Å². The van der Waals surface area contributed by atoms with Crippen LogP contribution in [0.15, 0.2) is 48.8 Å². The molecule has 0 bridgehead atoms. The molecule has 1 heterocycles. The predicted molar refractivity (Wildman–Crippen MR) is 67.7 cm³/mol. The van der Waals surface area contributed by atoms with Crippen LogP contribution in [0, 0.1) is 11.3 Å². The molecular weight excluding hydrogens is 226 g/mol. The Kier molecular flexibility index (Phi) is 3.67. The number of hydrogen-bond acceptors (Lipinski definition) is 3. The Labute approximate surface area is 105 Å².